The third-order valence-corrected chi connectivity index (χ3v) is 5.23. The molecule has 1 atom stereocenters. The molecule has 0 amide bonds. The van der Waals surface area contributed by atoms with Crippen molar-refractivity contribution >= 4 is 11.6 Å². The van der Waals surface area contributed by atoms with Gasteiger partial charge in [0.25, 0.3) is 0 Å². The number of phenolic OH excluding ortho intramolecular Hbond substituents is 1. The van der Waals surface area contributed by atoms with Gasteiger partial charge in [-0.1, -0.05) is 11.6 Å². The maximum absolute atomic E-state index is 10.5. The largest absolute Gasteiger partial charge is 0.508 e. The van der Waals surface area contributed by atoms with Crippen LogP contribution in [0.1, 0.15) is 24.0 Å². The number of benzene rings is 2. The Labute approximate surface area is 183 Å². The van der Waals surface area contributed by atoms with E-state index in [1.165, 1.54) is 6.07 Å². The van der Waals surface area contributed by atoms with Gasteiger partial charge in [0.2, 0.25) is 11.8 Å². The van der Waals surface area contributed by atoms with Gasteiger partial charge >= 0.3 is 0 Å². The molecular weight excluding hydrogens is 420 g/mol. The zero-order valence-corrected chi connectivity index (χ0v) is 17.5. The summed E-state index contributed by atoms with van der Waals surface area (Å²) in [5, 5.41) is 28.0. The quantitative estimate of drug-likeness (QED) is 0.548. The fraction of sp³-hybridized carbons (Fsp3) is 0.182. The first-order valence-electron chi connectivity index (χ1n) is 9.43. The van der Waals surface area contributed by atoms with E-state index < -0.39 is 5.92 Å². The molecule has 1 aliphatic heterocycles. The minimum Gasteiger partial charge on any atom is -0.508 e. The Morgan fingerprint density at radius 1 is 1.29 bits per heavy atom. The van der Waals surface area contributed by atoms with Crippen LogP contribution in [0.2, 0.25) is 5.02 Å². The van der Waals surface area contributed by atoms with Gasteiger partial charge in [0.05, 0.1) is 30.9 Å². The Kier molecular flexibility index (Phi) is 5.36. The number of H-pyrrole nitrogens is 1. The number of aromatic nitrogens is 2. The number of hydrogen-bond acceptors (Lipinski definition) is 7. The van der Waals surface area contributed by atoms with Crippen molar-refractivity contribution in [3.05, 3.63) is 64.0 Å². The first-order chi connectivity index (χ1) is 15.0. The summed E-state index contributed by atoms with van der Waals surface area (Å²) in [6.45, 7) is 2.38. The van der Waals surface area contributed by atoms with Crippen LogP contribution in [0.15, 0.2) is 47.9 Å². The second-order valence-electron chi connectivity index (χ2n) is 6.74. The van der Waals surface area contributed by atoms with Crippen LogP contribution in [0.5, 0.6) is 23.1 Å². The summed E-state index contributed by atoms with van der Waals surface area (Å²) in [7, 11) is 1.55. The summed E-state index contributed by atoms with van der Waals surface area (Å²) >= 11 is 6.18. The van der Waals surface area contributed by atoms with E-state index in [4.69, 9.17) is 31.5 Å². The molecule has 1 aromatic heterocycles. The number of ether oxygens (including phenoxy) is 3. The highest BCUT2D eigenvalue weighted by Crippen LogP contribution is 2.48. The number of hydrogen-bond donors (Lipinski definition) is 3. The van der Waals surface area contributed by atoms with Gasteiger partial charge in [0.15, 0.2) is 11.5 Å². The highest BCUT2D eigenvalue weighted by atomic mass is 35.5. The number of halogens is 1. The number of rotatable bonds is 5. The van der Waals surface area contributed by atoms with Crippen molar-refractivity contribution < 1.29 is 19.3 Å². The van der Waals surface area contributed by atoms with Crippen LogP contribution in [0, 0.1) is 11.3 Å². The van der Waals surface area contributed by atoms with Gasteiger partial charge in [-0.15, -0.1) is 5.10 Å². The number of methoxy groups -OCH3 is 1. The number of nitrogens with one attached hydrogen (secondary N) is 1. The number of fused-ring (bicyclic) bond motifs is 1. The van der Waals surface area contributed by atoms with Gasteiger partial charge < -0.3 is 25.1 Å². The molecule has 1 aliphatic rings. The number of allylic oxidation sites excluding steroid dienone is 1. The van der Waals surface area contributed by atoms with Gasteiger partial charge in [-0.25, -0.2) is 0 Å². The number of nitrogens with two attached hydrogens (primary N) is 1. The molecule has 31 heavy (non-hydrogen) atoms. The van der Waals surface area contributed by atoms with E-state index in [0.29, 0.717) is 39.9 Å². The van der Waals surface area contributed by atoms with Crippen LogP contribution >= 0.6 is 11.6 Å². The van der Waals surface area contributed by atoms with E-state index >= 15 is 0 Å². The van der Waals surface area contributed by atoms with Crippen molar-refractivity contribution in [2.45, 2.75) is 12.8 Å². The van der Waals surface area contributed by atoms with E-state index in [1.54, 1.807) is 31.4 Å². The van der Waals surface area contributed by atoms with Crippen LogP contribution in [0.3, 0.4) is 0 Å². The number of nitriles is 1. The Bertz CT molecular complexity index is 1230. The minimum atomic E-state index is -0.737. The molecule has 0 radical (unpaired) electrons. The third-order valence-electron chi connectivity index (χ3n) is 4.99. The van der Waals surface area contributed by atoms with Crippen molar-refractivity contribution in [2.24, 2.45) is 5.73 Å². The third kappa shape index (κ3) is 3.49. The van der Waals surface area contributed by atoms with Crippen LogP contribution < -0.4 is 19.9 Å². The number of aromatic amines is 1. The van der Waals surface area contributed by atoms with Crippen LogP contribution in [-0.2, 0) is 0 Å². The van der Waals surface area contributed by atoms with E-state index in [0.717, 1.165) is 5.56 Å². The second-order valence-corrected chi connectivity index (χ2v) is 7.18. The normalized spacial score (nSPS) is 15.1. The number of nitrogens with zero attached hydrogens (tertiary/aromatic N) is 2. The summed E-state index contributed by atoms with van der Waals surface area (Å²) in [5.74, 6) is 0.504. The molecule has 8 nitrogen and oxygen atoms in total. The molecule has 2 aromatic carbocycles. The van der Waals surface area contributed by atoms with Gasteiger partial charge in [-0.2, -0.15) is 5.26 Å². The molecule has 0 fully saturated rings. The van der Waals surface area contributed by atoms with E-state index in [9.17, 15) is 10.4 Å². The molecule has 158 valence electrons. The molecule has 9 heteroatoms. The van der Waals surface area contributed by atoms with Gasteiger partial charge in [-0.05, 0) is 43.3 Å². The Balaban J connectivity index is 1.93. The average molecular weight is 439 g/mol. The van der Waals surface area contributed by atoms with Crippen molar-refractivity contribution in [2.75, 3.05) is 13.7 Å². The molecule has 0 unspecified atom stereocenters. The molecule has 0 saturated carbocycles. The van der Waals surface area contributed by atoms with Crippen molar-refractivity contribution in [3.8, 4) is 40.5 Å². The highest BCUT2D eigenvalue weighted by molar-refractivity contribution is 6.30. The van der Waals surface area contributed by atoms with Crippen molar-refractivity contribution in [1.82, 2.24) is 10.2 Å². The SMILES string of the molecule is CCOc1ccc(-c2[nH]nc3c2[C@@H](c2cc(Cl)ccc2O)C(C#N)=C(N)O3)cc1OC. The minimum absolute atomic E-state index is 0.0285. The molecule has 0 spiro atoms. The van der Waals surface area contributed by atoms with E-state index in [2.05, 4.69) is 16.3 Å². The van der Waals surface area contributed by atoms with Crippen LogP contribution in [0.25, 0.3) is 11.3 Å². The first-order valence-corrected chi connectivity index (χ1v) is 9.81. The Morgan fingerprint density at radius 3 is 2.81 bits per heavy atom. The smallest absolute Gasteiger partial charge is 0.244 e. The molecular formula is C22H19ClN4O4. The first kappa shape index (κ1) is 20.4. The lowest BCUT2D eigenvalue weighted by atomic mass is 9.82. The lowest BCUT2D eigenvalue weighted by molar-refractivity contribution is 0.311. The van der Waals surface area contributed by atoms with Gasteiger partial charge in [0, 0.05) is 16.1 Å². The Morgan fingerprint density at radius 2 is 2.10 bits per heavy atom. The van der Waals surface area contributed by atoms with Crippen LogP contribution in [-0.4, -0.2) is 29.0 Å². The fourth-order valence-electron chi connectivity index (χ4n) is 3.63. The molecule has 0 bridgehead atoms. The second kappa shape index (κ2) is 8.13. The van der Waals surface area contributed by atoms with Crippen molar-refractivity contribution in [3.63, 3.8) is 0 Å². The standard InChI is InChI=1S/C22H19ClN4O4/c1-3-30-16-7-4-11(8-17(16)29-2)20-19-18(13-9-12(23)5-6-15(13)28)14(10-24)21(25)31-22(19)27-26-20/h4-9,18,28H,3,25H2,1-2H3,(H,26,27)/t18-/m0/s1. The summed E-state index contributed by atoms with van der Waals surface area (Å²) in [5.41, 5.74) is 8.41. The van der Waals surface area contributed by atoms with Gasteiger partial charge in [-0.3, -0.25) is 5.10 Å². The fourth-order valence-corrected chi connectivity index (χ4v) is 3.81. The summed E-state index contributed by atoms with van der Waals surface area (Å²) in [4.78, 5) is 0. The summed E-state index contributed by atoms with van der Waals surface area (Å²) in [6.07, 6.45) is 0. The topological polar surface area (TPSA) is 126 Å². The van der Waals surface area contributed by atoms with Crippen LogP contribution in [0.4, 0.5) is 0 Å². The average Bonchev–Trinajstić information content (AvgIpc) is 3.18. The molecule has 4 N–H and O–H groups in total. The molecule has 2 heterocycles. The predicted octanol–water partition coefficient (Wildman–Crippen LogP) is 4.06. The number of phenols is 1. The van der Waals surface area contributed by atoms with Crippen molar-refractivity contribution in [1.29, 1.82) is 5.26 Å². The maximum atomic E-state index is 10.5. The monoisotopic (exact) mass is 438 g/mol. The summed E-state index contributed by atoms with van der Waals surface area (Å²) in [6, 6.07) is 12.1. The Hall–Kier alpha value is -3.83. The molecule has 0 saturated heterocycles. The lowest BCUT2D eigenvalue weighted by Crippen LogP contribution is -2.21. The zero-order valence-electron chi connectivity index (χ0n) is 16.8. The van der Waals surface area contributed by atoms with E-state index in [1.807, 2.05) is 13.0 Å². The summed E-state index contributed by atoms with van der Waals surface area (Å²) < 4.78 is 16.6. The number of aromatic hydroxyl groups is 1. The van der Waals surface area contributed by atoms with Gasteiger partial charge in [0.1, 0.15) is 17.4 Å². The molecule has 0 aliphatic carbocycles. The zero-order chi connectivity index (χ0) is 22.1. The van der Waals surface area contributed by atoms with E-state index in [-0.39, 0.29) is 23.1 Å². The lowest BCUT2D eigenvalue weighted by Gasteiger charge is -2.25. The predicted molar refractivity (Wildman–Crippen MR) is 114 cm³/mol. The molecule has 3 aromatic rings. The highest BCUT2D eigenvalue weighted by Gasteiger charge is 2.37. The maximum Gasteiger partial charge on any atom is 0.244 e. The molecule has 4 rings (SSSR count).